The normalized spacial score (nSPS) is 18.7. The van der Waals surface area contributed by atoms with Gasteiger partial charge in [0.05, 0.1) is 5.92 Å². The Kier molecular flexibility index (Phi) is 2.34. The first-order valence-electron chi connectivity index (χ1n) is 5.30. The van der Waals surface area contributed by atoms with E-state index in [1.165, 1.54) is 0 Å². The van der Waals surface area contributed by atoms with E-state index < -0.39 is 11.9 Å². The van der Waals surface area contributed by atoms with Crippen LogP contribution in [0.15, 0.2) is 6.07 Å². The molecular weight excluding hydrogens is 204 g/mol. The summed E-state index contributed by atoms with van der Waals surface area (Å²) in [5, 5.41) is 9.13. The van der Waals surface area contributed by atoms with E-state index in [2.05, 4.69) is 0 Å². The third kappa shape index (κ3) is 1.35. The second kappa shape index (κ2) is 3.44. The molecule has 1 unspecified atom stereocenters. The average molecular weight is 218 g/mol. The number of fused-ring (bicyclic) bond motifs is 1. The van der Waals surface area contributed by atoms with E-state index in [9.17, 15) is 9.59 Å². The van der Waals surface area contributed by atoms with Crippen LogP contribution in [0.3, 0.4) is 0 Å². The molecule has 1 N–H and O–H groups in total. The second-order valence-corrected chi connectivity index (χ2v) is 4.44. The topological polar surface area (TPSA) is 54.4 Å². The Morgan fingerprint density at radius 2 is 1.94 bits per heavy atom. The number of aryl methyl sites for hydroxylation is 2. The highest BCUT2D eigenvalue weighted by Crippen LogP contribution is 2.38. The molecule has 1 aliphatic carbocycles. The molecule has 16 heavy (non-hydrogen) atoms. The number of carbonyl (C=O) groups is 2. The smallest absolute Gasteiger partial charge is 0.311 e. The zero-order valence-corrected chi connectivity index (χ0v) is 9.63. The number of ketones is 1. The Morgan fingerprint density at radius 1 is 1.31 bits per heavy atom. The number of hydrogen-bond acceptors (Lipinski definition) is 2. The zero-order chi connectivity index (χ0) is 12.0. The van der Waals surface area contributed by atoms with Gasteiger partial charge in [-0.25, -0.2) is 0 Å². The third-order valence-corrected chi connectivity index (χ3v) is 3.41. The average Bonchev–Trinajstić information content (AvgIpc) is 2.53. The molecule has 0 aliphatic heterocycles. The molecule has 84 valence electrons. The highest BCUT2D eigenvalue weighted by atomic mass is 16.4. The first-order valence-corrected chi connectivity index (χ1v) is 5.30. The minimum absolute atomic E-state index is 0.0389. The summed E-state index contributed by atoms with van der Waals surface area (Å²) in [5.41, 5.74) is 4.26. The van der Waals surface area contributed by atoms with Crippen LogP contribution in [0.2, 0.25) is 0 Å². The van der Waals surface area contributed by atoms with Crippen molar-refractivity contribution in [2.45, 2.75) is 33.1 Å². The zero-order valence-electron chi connectivity index (χ0n) is 9.63. The van der Waals surface area contributed by atoms with Gasteiger partial charge in [-0.1, -0.05) is 6.07 Å². The van der Waals surface area contributed by atoms with Crippen LogP contribution in [0, 0.1) is 20.8 Å². The lowest BCUT2D eigenvalue weighted by Gasteiger charge is -2.13. The van der Waals surface area contributed by atoms with Crippen LogP contribution in [0.5, 0.6) is 0 Å². The molecule has 0 aromatic heterocycles. The summed E-state index contributed by atoms with van der Waals surface area (Å²) in [5.74, 6) is -1.59. The van der Waals surface area contributed by atoms with Gasteiger partial charge in [0.15, 0.2) is 5.78 Å². The summed E-state index contributed by atoms with van der Waals surface area (Å²) >= 11 is 0. The van der Waals surface area contributed by atoms with Gasteiger partial charge in [-0.15, -0.1) is 0 Å². The number of aliphatic carboxylic acids is 1. The number of carboxylic acids is 1. The number of rotatable bonds is 1. The maximum absolute atomic E-state index is 11.8. The van der Waals surface area contributed by atoms with Crippen LogP contribution in [0.25, 0.3) is 0 Å². The van der Waals surface area contributed by atoms with Crippen molar-refractivity contribution in [2.24, 2.45) is 0 Å². The van der Waals surface area contributed by atoms with E-state index in [1.54, 1.807) is 0 Å². The summed E-state index contributed by atoms with van der Waals surface area (Å²) < 4.78 is 0. The molecule has 0 saturated heterocycles. The van der Waals surface area contributed by atoms with Crippen molar-refractivity contribution in [1.29, 1.82) is 0 Å². The highest BCUT2D eigenvalue weighted by Gasteiger charge is 2.36. The van der Waals surface area contributed by atoms with Crippen molar-refractivity contribution in [3.63, 3.8) is 0 Å². The molecule has 3 heteroatoms. The van der Waals surface area contributed by atoms with Crippen LogP contribution >= 0.6 is 0 Å². The number of carbonyl (C=O) groups excluding carboxylic acids is 1. The quantitative estimate of drug-likeness (QED) is 0.787. The van der Waals surface area contributed by atoms with Gasteiger partial charge in [0.25, 0.3) is 0 Å². The molecule has 1 aliphatic rings. The largest absolute Gasteiger partial charge is 0.481 e. The van der Waals surface area contributed by atoms with Crippen LogP contribution in [-0.2, 0) is 4.79 Å². The van der Waals surface area contributed by atoms with Crippen LogP contribution in [0.4, 0.5) is 0 Å². The molecule has 1 aromatic carbocycles. The van der Waals surface area contributed by atoms with E-state index in [4.69, 9.17) is 5.11 Å². The third-order valence-electron chi connectivity index (χ3n) is 3.41. The summed E-state index contributed by atoms with van der Waals surface area (Å²) in [4.78, 5) is 22.9. The Bertz CT molecular complexity index is 500. The molecular formula is C13H14O3. The molecule has 3 nitrogen and oxygen atoms in total. The number of benzene rings is 1. The summed E-state index contributed by atoms with van der Waals surface area (Å²) in [7, 11) is 0. The lowest BCUT2D eigenvalue weighted by molar-refractivity contribution is -0.138. The van der Waals surface area contributed by atoms with Crippen molar-refractivity contribution in [2.75, 3.05) is 0 Å². The Balaban J connectivity index is 2.75. The fourth-order valence-corrected chi connectivity index (χ4v) is 2.52. The minimum Gasteiger partial charge on any atom is -0.481 e. The minimum atomic E-state index is -0.903. The van der Waals surface area contributed by atoms with E-state index in [0.717, 1.165) is 22.3 Å². The van der Waals surface area contributed by atoms with Gasteiger partial charge in [-0.05, 0) is 43.0 Å². The standard InChI is InChI=1S/C13H14O3/c1-6-4-7(2)11-10(14)5-9(13(15)16)12(11)8(6)3/h4,9H,5H2,1-3H3,(H,15,16). The lowest BCUT2D eigenvalue weighted by atomic mass is 9.91. The van der Waals surface area contributed by atoms with Crippen LogP contribution in [-0.4, -0.2) is 16.9 Å². The first kappa shape index (κ1) is 10.9. The molecule has 0 radical (unpaired) electrons. The molecule has 0 fully saturated rings. The van der Waals surface area contributed by atoms with Gasteiger partial charge in [0, 0.05) is 12.0 Å². The molecule has 2 rings (SSSR count). The predicted molar refractivity (Wildman–Crippen MR) is 60.0 cm³/mol. The predicted octanol–water partition coefficient (Wildman–Crippen LogP) is 2.37. The fraction of sp³-hybridized carbons (Fsp3) is 0.385. The van der Waals surface area contributed by atoms with Gasteiger partial charge < -0.3 is 5.11 Å². The molecule has 0 amide bonds. The fourth-order valence-electron chi connectivity index (χ4n) is 2.52. The molecule has 0 saturated carbocycles. The lowest BCUT2D eigenvalue weighted by Crippen LogP contribution is -2.10. The number of Topliss-reactive ketones (excluding diaryl/α,β-unsaturated/α-hetero) is 1. The molecule has 1 aromatic rings. The van der Waals surface area contributed by atoms with Crippen molar-refractivity contribution < 1.29 is 14.7 Å². The van der Waals surface area contributed by atoms with Crippen LogP contribution < -0.4 is 0 Å². The van der Waals surface area contributed by atoms with Crippen LogP contribution in [0.1, 0.15) is 45.0 Å². The van der Waals surface area contributed by atoms with Gasteiger partial charge in [0.2, 0.25) is 0 Å². The van der Waals surface area contributed by atoms with E-state index in [0.29, 0.717) is 5.56 Å². The van der Waals surface area contributed by atoms with E-state index in [-0.39, 0.29) is 12.2 Å². The molecule has 1 atom stereocenters. The summed E-state index contributed by atoms with van der Waals surface area (Å²) in [6.07, 6.45) is 0.107. The highest BCUT2D eigenvalue weighted by molar-refractivity contribution is 6.07. The van der Waals surface area contributed by atoms with E-state index in [1.807, 2.05) is 26.8 Å². The maximum Gasteiger partial charge on any atom is 0.311 e. The van der Waals surface area contributed by atoms with Gasteiger partial charge in [0.1, 0.15) is 0 Å². The SMILES string of the molecule is Cc1cc(C)c2c(c1C)C(C(=O)O)CC2=O. The monoisotopic (exact) mass is 218 g/mol. The summed E-state index contributed by atoms with van der Waals surface area (Å²) in [6.45, 7) is 5.71. The molecule has 0 bridgehead atoms. The Hall–Kier alpha value is -1.64. The van der Waals surface area contributed by atoms with Crippen molar-refractivity contribution in [3.8, 4) is 0 Å². The second-order valence-electron chi connectivity index (χ2n) is 4.44. The first-order chi connectivity index (χ1) is 7.43. The van der Waals surface area contributed by atoms with Gasteiger partial charge in [-0.3, -0.25) is 9.59 Å². The number of carboxylic acid groups (broad SMARTS) is 1. The number of hydrogen-bond donors (Lipinski definition) is 1. The van der Waals surface area contributed by atoms with Gasteiger partial charge in [-0.2, -0.15) is 0 Å². The Morgan fingerprint density at radius 3 is 2.50 bits per heavy atom. The Labute approximate surface area is 94.1 Å². The molecule has 0 heterocycles. The maximum atomic E-state index is 11.8. The van der Waals surface area contributed by atoms with Crippen molar-refractivity contribution >= 4 is 11.8 Å². The van der Waals surface area contributed by atoms with Crippen molar-refractivity contribution in [3.05, 3.63) is 33.9 Å². The summed E-state index contributed by atoms with van der Waals surface area (Å²) in [6, 6.07) is 1.95. The van der Waals surface area contributed by atoms with E-state index >= 15 is 0 Å². The molecule has 0 spiro atoms. The van der Waals surface area contributed by atoms with Crippen molar-refractivity contribution in [1.82, 2.24) is 0 Å². The van der Waals surface area contributed by atoms with Gasteiger partial charge >= 0.3 is 5.97 Å².